The molecule has 0 saturated heterocycles. The van der Waals surface area contributed by atoms with Crippen molar-refractivity contribution in [2.45, 2.75) is 48.5 Å². The summed E-state index contributed by atoms with van der Waals surface area (Å²) < 4.78 is 0. The Hall–Kier alpha value is 0.384. The van der Waals surface area contributed by atoms with Gasteiger partial charge in [-0.05, 0) is 0 Å². The Morgan fingerprint density at radius 3 is 0.769 bits per heavy atom. The van der Waals surface area contributed by atoms with Crippen molar-refractivity contribution in [1.82, 2.24) is 0 Å². The molecule has 0 N–H and O–H groups in total. The number of carbonyl (C=O) groups excluding carboxylic acids is 1. The molecule has 0 rings (SSSR count). The van der Waals surface area contributed by atoms with Crippen molar-refractivity contribution in [3.8, 4) is 0 Å². The van der Waals surface area contributed by atoms with Gasteiger partial charge in [0, 0.05) is 0 Å². The van der Waals surface area contributed by atoms with Crippen LogP contribution in [0.3, 0.4) is 0 Å². The van der Waals surface area contributed by atoms with Gasteiger partial charge in [-0.3, -0.25) is 6.29 Å². The molecule has 0 aliphatic heterocycles. The molecule has 0 aromatic heterocycles. The Kier molecular flexibility index (Phi) is 188. The molecule has 0 radical (unpaired) electrons. The van der Waals surface area contributed by atoms with E-state index in [0.29, 0.717) is 0 Å². The van der Waals surface area contributed by atoms with Crippen molar-refractivity contribution in [3.63, 3.8) is 0 Å². The second-order valence-corrected chi connectivity index (χ2v) is 1.94. The largest absolute Gasteiger partial charge is 4.00 e. The third kappa shape index (κ3) is 9040. The second-order valence-electron chi connectivity index (χ2n) is 1.94. The van der Waals surface area contributed by atoms with Gasteiger partial charge in [0.15, 0.2) is 0 Å². The fourth-order valence-corrected chi connectivity index (χ4v) is 0. The predicted octanol–water partition coefficient (Wildman–Crippen LogP) is 3.80. The van der Waals surface area contributed by atoms with E-state index < -0.39 is 0 Å². The van der Waals surface area contributed by atoms with Gasteiger partial charge < -0.3 is 24.1 Å². The Balaban J connectivity index is -0.0000000213. The molecule has 0 heterocycles. The summed E-state index contributed by atoms with van der Waals surface area (Å²) >= 11 is 0. The van der Waals surface area contributed by atoms with Gasteiger partial charge in [-0.25, -0.2) is 0 Å². The van der Waals surface area contributed by atoms with Gasteiger partial charge in [-0.1, -0.05) is 0 Å². The van der Waals surface area contributed by atoms with Crippen LogP contribution in [0.4, 0.5) is 0 Å². The maximum absolute atomic E-state index is 8.68. The van der Waals surface area contributed by atoms with Crippen LogP contribution in [0.25, 0.3) is 0 Å². The van der Waals surface area contributed by atoms with Crippen molar-refractivity contribution in [3.05, 3.63) is 19.3 Å². The minimum atomic E-state index is 0. The zero-order valence-corrected chi connectivity index (χ0v) is 11.7. The monoisotopic (exact) mass is 220 g/mol. The molecule has 0 aromatic rings. The van der Waals surface area contributed by atoms with Gasteiger partial charge in [0.05, 0.1) is 0 Å². The van der Waals surface area contributed by atoms with Crippen molar-refractivity contribution in [2.24, 2.45) is 0 Å². The predicted molar refractivity (Wildman–Crippen MR) is 58.3 cm³/mol. The first-order valence-electron chi connectivity index (χ1n) is 4.17. The quantitative estimate of drug-likeness (QED) is 0.448. The van der Waals surface area contributed by atoms with Gasteiger partial charge in [-0.2, -0.15) is 48.5 Å². The van der Waals surface area contributed by atoms with Crippen molar-refractivity contribution in [1.29, 1.82) is 0 Å². The van der Waals surface area contributed by atoms with Crippen molar-refractivity contribution < 1.29 is 26.5 Å². The Morgan fingerprint density at radius 2 is 0.769 bits per heavy atom. The molecular weight excluding hydrogens is 196 g/mol. The van der Waals surface area contributed by atoms with Crippen molar-refractivity contribution in [2.75, 3.05) is 0 Å². The minimum Gasteiger partial charge on any atom is -0.542 e. The van der Waals surface area contributed by atoms with Crippen LogP contribution in [0.1, 0.15) is 48.5 Å². The molecule has 78 valence electrons. The number of rotatable bonds is 0. The third-order valence-corrected chi connectivity index (χ3v) is 0. The molecule has 0 aliphatic carbocycles. The van der Waals surface area contributed by atoms with Gasteiger partial charge >= 0.3 is 21.7 Å². The van der Waals surface area contributed by atoms with Crippen LogP contribution in [0.5, 0.6) is 0 Å². The summed E-state index contributed by atoms with van der Waals surface area (Å²) in [4.78, 5) is 8.68. The van der Waals surface area contributed by atoms with Crippen LogP contribution >= 0.6 is 0 Å². The Labute approximate surface area is 101 Å². The van der Waals surface area contributed by atoms with E-state index in [1.807, 2.05) is 60.8 Å². The Bertz CT molecular complexity index is 34.3. The summed E-state index contributed by atoms with van der Waals surface area (Å²) in [6.07, 6.45) is 7.50. The summed E-state index contributed by atoms with van der Waals surface area (Å²) in [7, 11) is 0. The molecule has 0 spiro atoms. The maximum Gasteiger partial charge on any atom is 4.00 e. The van der Waals surface area contributed by atoms with Gasteiger partial charge in [0.1, 0.15) is 0 Å². The first kappa shape index (κ1) is 29.2. The van der Waals surface area contributed by atoms with E-state index in [0.717, 1.165) is 0 Å². The Morgan fingerprint density at radius 1 is 0.769 bits per heavy atom. The summed E-state index contributed by atoms with van der Waals surface area (Å²) in [6.45, 7) is 13.3. The van der Waals surface area contributed by atoms with E-state index in [-0.39, 0.29) is 21.7 Å². The SMILES string of the molecule is C[C-]=O.C[CH-]C.C[CH-]C.C[CH-]C.[Ti+4]. The standard InChI is InChI=1S/3C3H7.C2H3O.Ti/c3*1-3-2;1-2-3;/h3*3H,1-2H3;1H3;/q4*-1;+4. The minimum absolute atomic E-state index is 0. The van der Waals surface area contributed by atoms with Gasteiger partial charge in [0.2, 0.25) is 0 Å². The van der Waals surface area contributed by atoms with E-state index in [9.17, 15) is 0 Å². The molecule has 0 bridgehead atoms. The van der Waals surface area contributed by atoms with Crippen LogP contribution < -0.4 is 0 Å². The first-order valence-corrected chi connectivity index (χ1v) is 4.17. The maximum atomic E-state index is 8.68. The third-order valence-electron chi connectivity index (χ3n) is 0. The van der Waals surface area contributed by atoms with E-state index in [1.54, 1.807) is 0 Å². The summed E-state index contributed by atoms with van der Waals surface area (Å²) in [6, 6.07) is 0. The molecule has 0 fully saturated rings. The van der Waals surface area contributed by atoms with Crippen LogP contribution in [0.2, 0.25) is 0 Å². The van der Waals surface area contributed by atoms with E-state index in [1.165, 1.54) is 13.2 Å². The topological polar surface area (TPSA) is 17.1 Å². The smallest absolute Gasteiger partial charge is 0.542 e. The zero-order chi connectivity index (χ0) is 10.8. The molecule has 0 aliphatic rings. The summed E-state index contributed by atoms with van der Waals surface area (Å²) in [5.41, 5.74) is 0. The van der Waals surface area contributed by atoms with Gasteiger partial charge in [-0.15, -0.1) is 0 Å². The van der Waals surface area contributed by atoms with Gasteiger partial charge in [0.25, 0.3) is 0 Å². The molecule has 0 aromatic carbocycles. The first-order chi connectivity index (χ1) is 5.66. The van der Waals surface area contributed by atoms with Crippen LogP contribution in [0.15, 0.2) is 0 Å². The number of hydrogen-bond donors (Lipinski definition) is 0. The fourth-order valence-electron chi connectivity index (χ4n) is 0. The zero-order valence-electron chi connectivity index (χ0n) is 10.1. The second kappa shape index (κ2) is 83.5. The molecule has 0 saturated carbocycles. The molecule has 1 nitrogen and oxygen atoms in total. The molecule has 0 amide bonds. The molecule has 0 atom stereocenters. The van der Waals surface area contributed by atoms with Crippen LogP contribution in [-0.4, -0.2) is 6.29 Å². The molecule has 2 heteroatoms. The molecular formula is C11H24OTi. The van der Waals surface area contributed by atoms with Crippen molar-refractivity contribution >= 4 is 6.29 Å². The average Bonchev–Trinajstić information content (AvgIpc) is 1.92. The average molecular weight is 220 g/mol. The van der Waals surface area contributed by atoms with Crippen LogP contribution in [-0.2, 0) is 26.5 Å². The van der Waals surface area contributed by atoms with Crippen LogP contribution in [0, 0.1) is 19.3 Å². The normalized spacial score (nSPS) is 5.15. The van der Waals surface area contributed by atoms with E-state index in [2.05, 4.69) is 0 Å². The fraction of sp³-hybridized carbons (Fsp3) is 0.636. The van der Waals surface area contributed by atoms with E-state index >= 15 is 0 Å². The number of hydrogen-bond acceptors (Lipinski definition) is 1. The molecule has 0 unspecified atom stereocenters. The summed E-state index contributed by atoms with van der Waals surface area (Å²) in [5.74, 6) is 0. The van der Waals surface area contributed by atoms with E-state index in [4.69, 9.17) is 4.79 Å². The summed E-state index contributed by atoms with van der Waals surface area (Å²) in [5, 5.41) is 0. The molecule has 13 heavy (non-hydrogen) atoms.